The monoisotopic (exact) mass is 408 g/mol. The first kappa shape index (κ1) is 19.8. The minimum Gasteiger partial charge on any atom is -0.356 e. The van der Waals surface area contributed by atoms with Gasteiger partial charge in [-0.1, -0.05) is 6.07 Å². The molecule has 1 aliphatic rings. The van der Waals surface area contributed by atoms with Crippen molar-refractivity contribution in [3.8, 4) is 0 Å². The average Bonchev–Trinajstić information content (AvgIpc) is 3.00. The van der Waals surface area contributed by atoms with E-state index in [0.717, 1.165) is 42.3 Å². The van der Waals surface area contributed by atoms with Crippen LogP contribution in [0.4, 0.5) is 11.5 Å². The highest BCUT2D eigenvalue weighted by Crippen LogP contribution is 2.36. The van der Waals surface area contributed by atoms with Crippen molar-refractivity contribution in [3.63, 3.8) is 0 Å². The maximum atomic E-state index is 13.1. The van der Waals surface area contributed by atoms with Crippen LogP contribution >= 0.6 is 11.3 Å². The van der Waals surface area contributed by atoms with Gasteiger partial charge < -0.3 is 9.80 Å². The van der Waals surface area contributed by atoms with Crippen molar-refractivity contribution in [2.45, 2.75) is 40.5 Å². The van der Waals surface area contributed by atoms with E-state index in [9.17, 15) is 4.79 Å². The maximum absolute atomic E-state index is 13.1. The quantitative estimate of drug-likeness (QED) is 0.624. The highest BCUT2D eigenvalue weighted by atomic mass is 32.1. The fraction of sp³-hybridized carbons (Fsp3) is 0.435. The van der Waals surface area contributed by atoms with E-state index in [0.29, 0.717) is 0 Å². The Morgan fingerprint density at radius 1 is 1.07 bits per heavy atom. The number of rotatable bonds is 3. The first-order valence-electron chi connectivity index (χ1n) is 10.2. The molecule has 0 aliphatic carbocycles. The fourth-order valence-corrected chi connectivity index (χ4v) is 5.28. The van der Waals surface area contributed by atoms with Gasteiger partial charge in [-0.25, -0.2) is 9.97 Å². The van der Waals surface area contributed by atoms with E-state index in [1.54, 1.807) is 17.7 Å². The number of aryl methyl sites for hydroxylation is 4. The van der Waals surface area contributed by atoms with Gasteiger partial charge >= 0.3 is 0 Å². The summed E-state index contributed by atoms with van der Waals surface area (Å²) in [4.78, 5) is 28.7. The summed E-state index contributed by atoms with van der Waals surface area (Å²) in [7, 11) is 1.90. The molecule has 1 aliphatic heterocycles. The largest absolute Gasteiger partial charge is 0.356 e. The Morgan fingerprint density at radius 2 is 1.72 bits per heavy atom. The lowest BCUT2D eigenvalue weighted by Gasteiger charge is -2.34. The number of thiophene rings is 1. The molecule has 0 N–H and O–H groups in total. The van der Waals surface area contributed by atoms with Crippen LogP contribution in [0.25, 0.3) is 10.2 Å². The number of aromatic nitrogens is 2. The van der Waals surface area contributed by atoms with Crippen molar-refractivity contribution in [2.24, 2.45) is 5.92 Å². The van der Waals surface area contributed by atoms with Crippen LogP contribution in [-0.2, 0) is 4.79 Å². The number of piperidine rings is 1. The average molecular weight is 409 g/mol. The third kappa shape index (κ3) is 3.73. The first-order chi connectivity index (χ1) is 13.8. The van der Waals surface area contributed by atoms with Crippen LogP contribution in [0, 0.1) is 33.6 Å². The number of carbonyl (C=O) groups excluding carboxylic acids is 1. The first-order valence-corrected chi connectivity index (χ1v) is 11.0. The Morgan fingerprint density at radius 3 is 2.38 bits per heavy atom. The smallest absolute Gasteiger partial charge is 0.229 e. The van der Waals surface area contributed by atoms with Gasteiger partial charge in [0.2, 0.25) is 5.91 Å². The third-order valence-electron chi connectivity index (χ3n) is 6.01. The van der Waals surface area contributed by atoms with Crippen molar-refractivity contribution in [1.82, 2.24) is 9.97 Å². The topological polar surface area (TPSA) is 49.3 Å². The van der Waals surface area contributed by atoms with E-state index in [4.69, 9.17) is 0 Å². The second-order valence-corrected chi connectivity index (χ2v) is 9.37. The van der Waals surface area contributed by atoms with E-state index >= 15 is 0 Å². The molecule has 0 saturated carbocycles. The predicted octanol–water partition coefficient (Wildman–Crippen LogP) is 4.80. The minimum atomic E-state index is 0.0553. The lowest BCUT2D eigenvalue weighted by molar-refractivity contribution is -0.122. The molecule has 1 fully saturated rings. The van der Waals surface area contributed by atoms with Crippen molar-refractivity contribution in [3.05, 3.63) is 46.1 Å². The maximum Gasteiger partial charge on any atom is 0.229 e. The number of hydrogen-bond acceptors (Lipinski definition) is 5. The Hall–Kier alpha value is -2.47. The van der Waals surface area contributed by atoms with Crippen LogP contribution in [0.1, 0.15) is 34.4 Å². The summed E-state index contributed by atoms with van der Waals surface area (Å²) in [5, 5.41) is 1.17. The van der Waals surface area contributed by atoms with Crippen molar-refractivity contribution in [1.29, 1.82) is 0 Å². The van der Waals surface area contributed by atoms with Gasteiger partial charge in [0.1, 0.15) is 17.0 Å². The van der Waals surface area contributed by atoms with Gasteiger partial charge in [-0.2, -0.15) is 0 Å². The van der Waals surface area contributed by atoms with Gasteiger partial charge in [0.05, 0.1) is 5.39 Å². The second kappa shape index (κ2) is 7.75. The molecule has 4 rings (SSSR count). The minimum absolute atomic E-state index is 0.0553. The number of anilines is 2. The van der Waals surface area contributed by atoms with Crippen LogP contribution in [0.5, 0.6) is 0 Å². The number of hydrogen-bond donors (Lipinski definition) is 0. The molecule has 2 aromatic heterocycles. The Balaban J connectivity index is 1.49. The molecule has 29 heavy (non-hydrogen) atoms. The Bertz CT molecular complexity index is 1050. The number of nitrogens with zero attached hydrogens (tertiary/aromatic N) is 4. The van der Waals surface area contributed by atoms with Crippen LogP contribution < -0.4 is 9.80 Å². The fourth-order valence-electron chi connectivity index (χ4n) is 4.29. The SMILES string of the molecule is Cc1cc(C)cc(N(C)C(=O)C2CCN(c3ncnc4sc(C)c(C)c34)CC2)c1. The van der Waals surface area contributed by atoms with Crippen LogP contribution in [0.2, 0.25) is 0 Å². The predicted molar refractivity (Wildman–Crippen MR) is 121 cm³/mol. The molecule has 1 amide bonds. The Kier molecular flexibility index (Phi) is 5.30. The lowest BCUT2D eigenvalue weighted by Crippen LogP contribution is -2.41. The highest BCUT2D eigenvalue weighted by molar-refractivity contribution is 7.18. The van der Waals surface area contributed by atoms with Crippen molar-refractivity contribution in [2.75, 3.05) is 29.9 Å². The molecule has 1 aromatic carbocycles. The molecule has 3 heterocycles. The number of amides is 1. The third-order valence-corrected chi connectivity index (χ3v) is 7.13. The molecule has 0 bridgehead atoms. The van der Waals surface area contributed by atoms with Crippen LogP contribution in [0.15, 0.2) is 24.5 Å². The van der Waals surface area contributed by atoms with Crippen molar-refractivity contribution >= 4 is 39.0 Å². The highest BCUT2D eigenvalue weighted by Gasteiger charge is 2.29. The van der Waals surface area contributed by atoms with Gasteiger partial charge in [-0.05, 0) is 69.4 Å². The molecule has 0 radical (unpaired) electrons. The summed E-state index contributed by atoms with van der Waals surface area (Å²) in [5.41, 5.74) is 4.62. The molecular formula is C23H28N4OS. The summed E-state index contributed by atoms with van der Waals surface area (Å²) in [6.45, 7) is 10.1. The van der Waals surface area contributed by atoms with E-state index in [1.807, 2.05) is 11.9 Å². The number of fused-ring (bicyclic) bond motifs is 1. The van der Waals surface area contributed by atoms with Gasteiger partial charge in [-0.3, -0.25) is 4.79 Å². The number of carbonyl (C=O) groups is 1. The summed E-state index contributed by atoms with van der Waals surface area (Å²) in [5.74, 6) is 1.29. The molecule has 0 unspecified atom stereocenters. The van der Waals surface area contributed by atoms with Gasteiger partial charge in [-0.15, -0.1) is 11.3 Å². The molecule has 1 saturated heterocycles. The Labute approximate surface area is 176 Å². The normalized spacial score (nSPS) is 15.1. The standard InChI is InChI=1S/C23H28N4OS/c1-14-10-15(2)12-19(11-14)26(5)23(28)18-6-8-27(9-7-18)21-20-16(3)17(4)29-22(20)25-13-24-21/h10-13,18H,6-9H2,1-5H3. The zero-order valence-corrected chi connectivity index (χ0v) is 18.6. The van der Waals surface area contributed by atoms with E-state index < -0.39 is 0 Å². The van der Waals surface area contributed by atoms with E-state index in [2.05, 4.69) is 60.8 Å². The second-order valence-electron chi connectivity index (χ2n) is 8.17. The molecular weight excluding hydrogens is 380 g/mol. The molecule has 0 atom stereocenters. The molecule has 3 aromatic rings. The van der Waals surface area contributed by atoms with E-state index in [1.165, 1.54) is 27.0 Å². The molecule has 0 spiro atoms. The molecule has 152 valence electrons. The summed E-state index contributed by atoms with van der Waals surface area (Å²) < 4.78 is 0. The summed E-state index contributed by atoms with van der Waals surface area (Å²) in [6.07, 6.45) is 3.36. The zero-order chi connectivity index (χ0) is 20.7. The van der Waals surface area contributed by atoms with Gasteiger partial charge in [0.25, 0.3) is 0 Å². The van der Waals surface area contributed by atoms with Crippen LogP contribution in [-0.4, -0.2) is 36.0 Å². The lowest BCUT2D eigenvalue weighted by atomic mass is 9.94. The van der Waals surface area contributed by atoms with Gasteiger partial charge in [0, 0.05) is 36.6 Å². The van der Waals surface area contributed by atoms with Crippen LogP contribution in [0.3, 0.4) is 0 Å². The summed E-state index contributed by atoms with van der Waals surface area (Å²) in [6, 6.07) is 6.30. The van der Waals surface area contributed by atoms with E-state index in [-0.39, 0.29) is 11.8 Å². The number of benzene rings is 1. The van der Waals surface area contributed by atoms with Gasteiger partial charge in [0.15, 0.2) is 0 Å². The van der Waals surface area contributed by atoms with Crippen molar-refractivity contribution < 1.29 is 4.79 Å². The summed E-state index contributed by atoms with van der Waals surface area (Å²) >= 11 is 1.73. The molecule has 5 nitrogen and oxygen atoms in total. The zero-order valence-electron chi connectivity index (χ0n) is 17.8. The molecule has 6 heteroatoms.